The van der Waals surface area contributed by atoms with Crippen LogP contribution in [0.1, 0.15) is 10.4 Å². The summed E-state index contributed by atoms with van der Waals surface area (Å²) in [6.07, 6.45) is 0. The van der Waals surface area contributed by atoms with Crippen molar-refractivity contribution in [2.24, 2.45) is 0 Å². The molecular weight excluding hydrogens is 260 g/mol. The van der Waals surface area contributed by atoms with Crippen molar-refractivity contribution in [1.82, 2.24) is 5.32 Å². The first-order valence-corrected chi connectivity index (χ1v) is 4.60. The van der Waals surface area contributed by atoms with Crippen molar-refractivity contribution >= 4 is 33.4 Å². The van der Waals surface area contributed by atoms with Crippen LogP contribution in [0.2, 0.25) is 5.02 Å². The highest BCUT2D eigenvalue weighted by molar-refractivity contribution is 9.10. The van der Waals surface area contributed by atoms with Gasteiger partial charge in [-0.3, -0.25) is 4.79 Å². The molecule has 0 aliphatic carbocycles. The molecule has 0 atom stereocenters. The normalized spacial score (nSPS) is 9.85. The highest BCUT2D eigenvalue weighted by Gasteiger charge is 2.12. The Kier molecular flexibility index (Phi) is 3.27. The molecule has 1 rings (SSSR count). The van der Waals surface area contributed by atoms with Crippen LogP contribution in [0.3, 0.4) is 0 Å². The van der Waals surface area contributed by atoms with Crippen LogP contribution in [0.5, 0.6) is 0 Å². The van der Waals surface area contributed by atoms with E-state index in [1.165, 1.54) is 13.1 Å². The maximum atomic E-state index is 13.1. The summed E-state index contributed by atoms with van der Waals surface area (Å²) in [5, 5.41) is 2.57. The topological polar surface area (TPSA) is 29.1 Å². The van der Waals surface area contributed by atoms with E-state index in [-0.39, 0.29) is 10.6 Å². The van der Waals surface area contributed by atoms with Crippen molar-refractivity contribution in [2.45, 2.75) is 0 Å². The number of benzene rings is 1. The predicted octanol–water partition coefficient (Wildman–Crippen LogP) is 2.60. The molecule has 1 N–H and O–H groups in total. The molecule has 0 bridgehead atoms. The van der Waals surface area contributed by atoms with Crippen molar-refractivity contribution in [3.63, 3.8) is 0 Å². The average Bonchev–Trinajstić information content (AvgIpc) is 2.10. The van der Waals surface area contributed by atoms with E-state index in [0.717, 1.165) is 6.07 Å². The lowest BCUT2D eigenvalue weighted by Crippen LogP contribution is -2.19. The summed E-state index contributed by atoms with van der Waals surface area (Å²) in [7, 11) is 1.43. The van der Waals surface area contributed by atoms with Gasteiger partial charge >= 0.3 is 0 Å². The Balaban J connectivity index is 3.23. The van der Waals surface area contributed by atoms with Gasteiger partial charge in [0.25, 0.3) is 5.91 Å². The fraction of sp³-hybridized carbons (Fsp3) is 0.125. The Labute approximate surface area is 88.2 Å². The minimum Gasteiger partial charge on any atom is -0.355 e. The van der Waals surface area contributed by atoms with Gasteiger partial charge in [0.15, 0.2) is 0 Å². The molecule has 1 aromatic rings. The quantitative estimate of drug-likeness (QED) is 0.778. The number of amides is 1. The minimum atomic E-state index is -0.632. The molecule has 5 heteroatoms. The van der Waals surface area contributed by atoms with E-state index in [4.69, 9.17) is 11.6 Å². The predicted molar refractivity (Wildman–Crippen MR) is 52.5 cm³/mol. The van der Waals surface area contributed by atoms with Crippen LogP contribution in [-0.4, -0.2) is 13.0 Å². The van der Waals surface area contributed by atoms with Gasteiger partial charge in [0.05, 0.1) is 10.6 Å². The molecule has 0 heterocycles. The fourth-order valence-electron chi connectivity index (χ4n) is 0.831. The Bertz CT molecular complexity index is 356. The second-order valence-electron chi connectivity index (χ2n) is 2.33. The third-order valence-corrected chi connectivity index (χ3v) is 2.68. The van der Waals surface area contributed by atoms with Crippen LogP contribution >= 0.6 is 27.5 Å². The molecule has 1 aromatic carbocycles. The van der Waals surface area contributed by atoms with E-state index in [0.29, 0.717) is 4.47 Å². The first kappa shape index (κ1) is 10.5. The summed E-state index contributed by atoms with van der Waals surface area (Å²) in [6.45, 7) is 0. The first-order valence-electron chi connectivity index (χ1n) is 3.43. The van der Waals surface area contributed by atoms with Gasteiger partial charge in [0.2, 0.25) is 0 Å². The monoisotopic (exact) mass is 265 g/mol. The van der Waals surface area contributed by atoms with Crippen molar-refractivity contribution in [1.29, 1.82) is 0 Å². The number of hydrogen-bond acceptors (Lipinski definition) is 1. The molecule has 13 heavy (non-hydrogen) atoms. The Hall–Kier alpha value is -0.610. The Morgan fingerprint density at radius 3 is 2.77 bits per heavy atom. The summed E-state index contributed by atoms with van der Waals surface area (Å²) in [6, 6.07) is 2.44. The fourth-order valence-corrected chi connectivity index (χ4v) is 1.32. The lowest BCUT2D eigenvalue weighted by atomic mass is 10.2. The molecule has 0 spiro atoms. The second kappa shape index (κ2) is 4.07. The van der Waals surface area contributed by atoms with Crippen molar-refractivity contribution < 1.29 is 9.18 Å². The zero-order chi connectivity index (χ0) is 10.0. The standard InChI is InChI=1S/C8H6BrClFNO/c1-12-8(13)4-2-5(9)6(10)3-7(4)11/h2-3H,1H3,(H,12,13). The van der Waals surface area contributed by atoms with Crippen LogP contribution in [0.4, 0.5) is 4.39 Å². The number of carbonyl (C=O) groups excluding carboxylic acids is 1. The van der Waals surface area contributed by atoms with Gasteiger partial charge in [0.1, 0.15) is 5.82 Å². The summed E-state index contributed by atoms with van der Waals surface area (Å²) in [4.78, 5) is 11.1. The number of halogens is 3. The minimum absolute atomic E-state index is 0.0289. The molecule has 70 valence electrons. The number of nitrogens with one attached hydrogen (secondary N) is 1. The molecule has 2 nitrogen and oxygen atoms in total. The molecule has 0 aromatic heterocycles. The van der Waals surface area contributed by atoms with E-state index in [1.54, 1.807) is 0 Å². The smallest absolute Gasteiger partial charge is 0.254 e. The molecule has 0 aliphatic heterocycles. The van der Waals surface area contributed by atoms with Crippen LogP contribution in [0.15, 0.2) is 16.6 Å². The van der Waals surface area contributed by atoms with E-state index >= 15 is 0 Å². The molecule has 0 radical (unpaired) electrons. The second-order valence-corrected chi connectivity index (χ2v) is 3.59. The highest BCUT2D eigenvalue weighted by atomic mass is 79.9. The van der Waals surface area contributed by atoms with Crippen LogP contribution in [0, 0.1) is 5.82 Å². The zero-order valence-corrected chi connectivity index (χ0v) is 9.04. The summed E-state index contributed by atoms with van der Waals surface area (Å²) < 4.78 is 13.6. The van der Waals surface area contributed by atoms with Gasteiger partial charge < -0.3 is 5.32 Å². The molecule has 0 saturated heterocycles. The van der Waals surface area contributed by atoms with Gasteiger partial charge in [-0.15, -0.1) is 0 Å². The molecule has 1 amide bonds. The molecule has 0 saturated carbocycles. The SMILES string of the molecule is CNC(=O)c1cc(Br)c(Cl)cc1F. The van der Waals surface area contributed by atoms with Gasteiger partial charge in [-0.05, 0) is 28.1 Å². The van der Waals surface area contributed by atoms with E-state index in [2.05, 4.69) is 21.2 Å². The van der Waals surface area contributed by atoms with Gasteiger partial charge in [-0.1, -0.05) is 11.6 Å². The molecule has 0 unspecified atom stereocenters. The number of rotatable bonds is 1. The van der Waals surface area contributed by atoms with E-state index < -0.39 is 11.7 Å². The van der Waals surface area contributed by atoms with Crippen LogP contribution in [-0.2, 0) is 0 Å². The van der Waals surface area contributed by atoms with E-state index in [1.807, 2.05) is 0 Å². The van der Waals surface area contributed by atoms with Crippen LogP contribution in [0.25, 0.3) is 0 Å². The maximum Gasteiger partial charge on any atom is 0.254 e. The Morgan fingerprint density at radius 1 is 1.62 bits per heavy atom. The number of hydrogen-bond donors (Lipinski definition) is 1. The Morgan fingerprint density at radius 2 is 2.23 bits per heavy atom. The third-order valence-electron chi connectivity index (χ3n) is 1.48. The van der Waals surface area contributed by atoms with Crippen molar-refractivity contribution in [3.05, 3.63) is 33.0 Å². The lowest BCUT2D eigenvalue weighted by molar-refractivity contribution is 0.0959. The molecular formula is C8H6BrClFNO. The van der Waals surface area contributed by atoms with Crippen LogP contribution < -0.4 is 5.32 Å². The zero-order valence-electron chi connectivity index (χ0n) is 6.70. The average molecular weight is 266 g/mol. The van der Waals surface area contributed by atoms with Crippen molar-refractivity contribution in [2.75, 3.05) is 7.05 Å². The summed E-state index contributed by atoms with van der Waals surface area (Å²) in [5.41, 5.74) is -0.0289. The maximum absolute atomic E-state index is 13.1. The van der Waals surface area contributed by atoms with E-state index in [9.17, 15) is 9.18 Å². The first-order chi connectivity index (χ1) is 6.06. The van der Waals surface area contributed by atoms with Gasteiger partial charge in [-0.2, -0.15) is 0 Å². The lowest BCUT2D eigenvalue weighted by Gasteiger charge is -2.03. The largest absolute Gasteiger partial charge is 0.355 e. The highest BCUT2D eigenvalue weighted by Crippen LogP contribution is 2.25. The summed E-state index contributed by atoms with van der Waals surface area (Å²) >= 11 is 8.71. The summed E-state index contributed by atoms with van der Waals surface area (Å²) in [5.74, 6) is -1.11. The van der Waals surface area contributed by atoms with Crippen molar-refractivity contribution in [3.8, 4) is 0 Å². The molecule has 0 fully saturated rings. The van der Waals surface area contributed by atoms with Gasteiger partial charge in [-0.25, -0.2) is 4.39 Å². The van der Waals surface area contributed by atoms with Gasteiger partial charge in [0, 0.05) is 11.5 Å². The molecule has 0 aliphatic rings. The number of carbonyl (C=O) groups is 1. The third kappa shape index (κ3) is 2.19.